The number of nitrogens with one attached hydrogen (secondary N) is 2. The molecule has 0 bridgehead atoms. The molecule has 0 aliphatic carbocycles. The summed E-state index contributed by atoms with van der Waals surface area (Å²) in [5.74, 6) is 0.0520. The number of likely N-dealkylation sites (tertiary alicyclic amines) is 2. The first-order valence-electron chi connectivity index (χ1n) is 11.7. The molecule has 0 unspecified atom stereocenters. The largest absolute Gasteiger partial charge is 0.381 e. The normalized spacial score (nSPS) is 20.0. The fourth-order valence-corrected chi connectivity index (χ4v) is 4.49. The number of rotatable bonds is 7. The Hall–Kier alpha value is -2.32. The van der Waals surface area contributed by atoms with Gasteiger partial charge in [-0.1, -0.05) is 37.3 Å². The van der Waals surface area contributed by atoms with Gasteiger partial charge in [-0.3, -0.25) is 0 Å². The molecule has 3 rings (SSSR count). The number of carbonyl (C=O) groups excluding carboxylic acids is 2. The van der Waals surface area contributed by atoms with Crippen molar-refractivity contribution in [2.75, 3.05) is 46.9 Å². The van der Waals surface area contributed by atoms with Crippen LogP contribution in [0.4, 0.5) is 9.59 Å². The van der Waals surface area contributed by atoms with Crippen LogP contribution < -0.4 is 10.6 Å². The second kappa shape index (κ2) is 12.1. The number of benzene rings is 1. The predicted octanol–water partition coefficient (Wildman–Crippen LogP) is 2.80. The van der Waals surface area contributed by atoms with Gasteiger partial charge in [0.2, 0.25) is 0 Å². The van der Waals surface area contributed by atoms with Crippen LogP contribution in [0, 0.1) is 0 Å². The van der Waals surface area contributed by atoms with E-state index in [2.05, 4.69) is 29.7 Å². The van der Waals surface area contributed by atoms with Gasteiger partial charge in [0.05, 0.1) is 18.2 Å². The number of hydrogen-bond donors (Lipinski definition) is 2. The van der Waals surface area contributed by atoms with E-state index >= 15 is 0 Å². The summed E-state index contributed by atoms with van der Waals surface area (Å²) in [6.45, 7) is 5.19. The molecule has 4 amide bonds. The van der Waals surface area contributed by atoms with E-state index in [0.29, 0.717) is 32.7 Å². The van der Waals surface area contributed by atoms with Crippen molar-refractivity contribution in [3.05, 3.63) is 35.9 Å². The third-order valence-electron chi connectivity index (χ3n) is 6.84. The van der Waals surface area contributed by atoms with Gasteiger partial charge < -0.3 is 29.9 Å². The molecule has 0 aromatic heterocycles. The van der Waals surface area contributed by atoms with E-state index in [9.17, 15) is 9.59 Å². The highest BCUT2D eigenvalue weighted by Crippen LogP contribution is 2.20. The Morgan fingerprint density at radius 2 is 1.41 bits per heavy atom. The van der Waals surface area contributed by atoms with E-state index in [0.717, 1.165) is 31.2 Å². The van der Waals surface area contributed by atoms with Gasteiger partial charge in [-0.05, 0) is 31.2 Å². The third kappa shape index (κ3) is 6.59. The van der Waals surface area contributed by atoms with Crippen LogP contribution in [0.25, 0.3) is 0 Å². The average Bonchev–Trinajstić information content (AvgIpc) is 2.86. The molecule has 8 nitrogen and oxygen atoms in total. The van der Waals surface area contributed by atoms with Crippen LogP contribution in [-0.4, -0.2) is 87.1 Å². The summed E-state index contributed by atoms with van der Waals surface area (Å²) in [7, 11) is 3.44. The van der Waals surface area contributed by atoms with Crippen LogP contribution in [0.1, 0.15) is 44.1 Å². The lowest BCUT2D eigenvalue weighted by Crippen LogP contribution is -2.54. The Labute approximate surface area is 191 Å². The molecule has 1 aromatic carbocycles. The Morgan fingerprint density at radius 3 is 1.91 bits per heavy atom. The molecular weight excluding hydrogens is 408 g/mol. The van der Waals surface area contributed by atoms with E-state index in [1.807, 2.05) is 28.0 Å². The minimum absolute atomic E-state index is 0.0520. The Kier molecular flexibility index (Phi) is 9.17. The van der Waals surface area contributed by atoms with Gasteiger partial charge in [0, 0.05) is 52.9 Å². The SMILES string of the molecule is COC1CCN(C(=O)NC[C@@H](NC(=O)N2CCC(OC)CC2)[C@H](C)c2ccccc2)CC1. The molecule has 1 aromatic rings. The Morgan fingerprint density at radius 1 is 0.906 bits per heavy atom. The van der Waals surface area contributed by atoms with Crippen molar-refractivity contribution in [2.24, 2.45) is 0 Å². The number of ether oxygens (including phenoxy) is 2. The molecule has 2 N–H and O–H groups in total. The van der Waals surface area contributed by atoms with Crippen LogP contribution in [0.2, 0.25) is 0 Å². The first-order valence-corrected chi connectivity index (χ1v) is 11.7. The molecule has 2 aliphatic rings. The summed E-state index contributed by atoms with van der Waals surface area (Å²) in [5.41, 5.74) is 1.13. The lowest BCUT2D eigenvalue weighted by Gasteiger charge is -2.35. The van der Waals surface area contributed by atoms with Crippen LogP contribution in [0.15, 0.2) is 30.3 Å². The van der Waals surface area contributed by atoms with Gasteiger partial charge in [-0.25, -0.2) is 9.59 Å². The monoisotopic (exact) mass is 446 g/mol. The summed E-state index contributed by atoms with van der Waals surface area (Å²) in [6, 6.07) is 9.72. The van der Waals surface area contributed by atoms with E-state index in [-0.39, 0.29) is 36.2 Å². The summed E-state index contributed by atoms with van der Waals surface area (Å²) in [6.07, 6.45) is 3.84. The van der Waals surface area contributed by atoms with Crippen LogP contribution in [0.3, 0.4) is 0 Å². The average molecular weight is 447 g/mol. The molecule has 2 heterocycles. The van der Waals surface area contributed by atoms with Crippen LogP contribution in [0.5, 0.6) is 0 Å². The number of hydrogen-bond acceptors (Lipinski definition) is 4. The minimum Gasteiger partial charge on any atom is -0.381 e. The van der Waals surface area contributed by atoms with E-state index in [1.54, 1.807) is 14.2 Å². The second-order valence-electron chi connectivity index (χ2n) is 8.79. The topological polar surface area (TPSA) is 83.1 Å². The maximum atomic E-state index is 13.0. The van der Waals surface area contributed by atoms with E-state index in [4.69, 9.17) is 9.47 Å². The van der Waals surface area contributed by atoms with Gasteiger partial charge in [-0.15, -0.1) is 0 Å². The van der Waals surface area contributed by atoms with Crippen molar-refractivity contribution in [1.82, 2.24) is 20.4 Å². The summed E-state index contributed by atoms with van der Waals surface area (Å²) < 4.78 is 10.8. The lowest BCUT2D eigenvalue weighted by molar-refractivity contribution is 0.0490. The number of nitrogens with zero attached hydrogens (tertiary/aromatic N) is 2. The van der Waals surface area contributed by atoms with Crippen molar-refractivity contribution in [3.63, 3.8) is 0 Å². The minimum atomic E-state index is -0.217. The third-order valence-corrected chi connectivity index (χ3v) is 6.84. The number of methoxy groups -OCH3 is 2. The number of urea groups is 2. The van der Waals surface area contributed by atoms with E-state index in [1.165, 1.54) is 0 Å². The maximum Gasteiger partial charge on any atom is 0.317 e. The molecule has 0 spiro atoms. The molecule has 2 saturated heterocycles. The van der Waals surface area contributed by atoms with Crippen LogP contribution >= 0.6 is 0 Å². The molecule has 2 atom stereocenters. The predicted molar refractivity (Wildman–Crippen MR) is 124 cm³/mol. The quantitative estimate of drug-likeness (QED) is 0.675. The molecule has 0 saturated carbocycles. The second-order valence-corrected chi connectivity index (χ2v) is 8.79. The fraction of sp³-hybridized carbons (Fsp3) is 0.667. The highest BCUT2D eigenvalue weighted by Gasteiger charge is 2.28. The molecule has 32 heavy (non-hydrogen) atoms. The van der Waals surface area contributed by atoms with Crippen molar-refractivity contribution in [2.45, 2.75) is 56.8 Å². The van der Waals surface area contributed by atoms with Gasteiger partial charge in [-0.2, -0.15) is 0 Å². The number of amides is 4. The number of piperidine rings is 2. The van der Waals surface area contributed by atoms with Gasteiger partial charge in [0.25, 0.3) is 0 Å². The lowest BCUT2D eigenvalue weighted by atomic mass is 9.93. The molecule has 2 fully saturated rings. The van der Waals surface area contributed by atoms with Gasteiger partial charge in [0.15, 0.2) is 0 Å². The van der Waals surface area contributed by atoms with Crippen molar-refractivity contribution >= 4 is 12.1 Å². The zero-order chi connectivity index (χ0) is 22.9. The highest BCUT2D eigenvalue weighted by molar-refractivity contribution is 5.76. The first kappa shape index (κ1) is 24.3. The van der Waals surface area contributed by atoms with Crippen molar-refractivity contribution in [3.8, 4) is 0 Å². The molecule has 2 aliphatic heterocycles. The number of carbonyl (C=O) groups is 2. The Balaban J connectivity index is 1.59. The molecule has 178 valence electrons. The zero-order valence-corrected chi connectivity index (χ0v) is 19.6. The van der Waals surface area contributed by atoms with E-state index < -0.39 is 0 Å². The smallest absolute Gasteiger partial charge is 0.317 e. The standard InChI is InChI=1S/C24H38N4O4/c1-18(19-7-5-4-6-8-19)22(26-24(30)28-15-11-21(32-3)12-16-28)17-25-23(29)27-13-9-20(31-2)10-14-27/h4-8,18,20-22H,9-17H2,1-3H3,(H,25,29)(H,26,30)/t18-,22-/m1/s1. The van der Waals surface area contributed by atoms with Gasteiger partial charge >= 0.3 is 12.1 Å². The maximum absolute atomic E-state index is 13.0. The fourth-order valence-electron chi connectivity index (χ4n) is 4.49. The molecular formula is C24H38N4O4. The Bertz CT molecular complexity index is 716. The summed E-state index contributed by atoms with van der Waals surface area (Å²) in [5, 5.41) is 6.24. The molecule has 0 radical (unpaired) electrons. The zero-order valence-electron chi connectivity index (χ0n) is 19.6. The summed E-state index contributed by atoms with van der Waals surface area (Å²) >= 11 is 0. The van der Waals surface area contributed by atoms with Gasteiger partial charge in [0.1, 0.15) is 0 Å². The highest BCUT2D eigenvalue weighted by atomic mass is 16.5. The first-order chi connectivity index (χ1) is 15.5. The van der Waals surface area contributed by atoms with Crippen molar-refractivity contribution in [1.29, 1.82) is 0 Å². The molecule has 8 heteroatoms. The van der Waals surface area contributed by atoms with Crippen molar-refractivity contribution < 1.29 is 19.1 Å². The van der Waals surface area contributed by atoms with Crippen LogP contribution in [-0.2, 0) is 9.47 Å². The summed E-state index contributed by atoms with van der Waals surface area (Å²) in [4.78, 5) is 29.4.